The van der Waals surface area contributed by atoms with Crippen molar-refractivity contribution in [1.82, 2.24) is 9.55 Å². The van der Waals surface area contributed by atoms with Gasteiger partial charge in [-0.15, -0.1) is 0 Å². The zero-order valence-corrected chi connectivity index (χ0v) is 18.6. The van der Waals surface area contributed by atoms with Gasteiger partial charge in [-0.3, -0.25) is 0 Å². The first-order chi connectivity index (χ1) is 15.8. The minimum atomic E-state index is -4.79. The van der Waals surface area contributed by atoms with Gasteiger partial charge in [0.2, 0.25) is 5.82 Å². The standard InChI is InChI=1S/C23H21F5N2O4/c1-10-16(12-6-7-13(24)17(25)18(12)33-4)19(34-22(10,2)23(26,27)28)20-29-14-8-5-11(21(31)32)9-15(14)30(20)3/h5-10,16,19H,1-4H3,(H,31,32)/t10-,16-,19+,22+/m0/s1. The zero-order valence-electron chi connectivity index (χ0n) is 18.6. The van der Waals surface area contributed by atoms with Crippen molar-refractivity contribution in [2.45, 2.75) is 37.6 Å². The number of aryl methyl sites for hydroxylation is 1. The first kappa shape index (κ1) is 23.9. The highest BCUT2D eigenvalue weighted by Crippen LogP contribution is 2.59. The molecule has 182 valence electrons. The van der Waals surface area contributed by atoms with Crippen molar-refractivity contribution in [2.75, 3.05) is 7.11 Å². The molecule has 1 saturated heterocycles. The Hall–Kier alpha value is -3.21. The monoisotopic (exact) mass is 484 g/mol. The van der Waals surface area contributed by atoms with Crippen LogP contribution in [-0.2, 0) is 11.8 Å². The second-order valence-electron chi connectivity index (χ2n) is 8.48. The maximum Gasteiger partial charge on any atom is 0.417 e. The van der Waals surface area contributed by atoms with E-state index in [0.717, 1.165) is 20.1 Å². The number of aromatic nitrogens is 2. The topological polar surface area (TPSA) is 73.6 Å². The number of fused-ring (bicyclic) bond motifs is 1. The van der Waals surface area contributed by atoms with Gasteiger partial charge in [0.1, 0.15) is 11.9 Å². The third-order valence-corrected chi connectivity index (χ3v) is 6.73. The molecule has 0 radical (unpaired) electrons. The second kappa shape index (κ2) is 7.93. The minimum Gasteiger partial charge on any atom is -0.493 e. The van der Waals surface area contributed by atoms with Crippen molar-refractivity contribution < 1.29 is 41.3 Å². The van der Waals surface area contributed by atoms with Crippen molar-refractivity contribution in [3.05, 3.63) is 58.9 Å². The molecule has 4 atom stereocenters. The maximum absolute atomic E-state index is 14.5. The molecule has 4 rings (SSSR count). The number of carboxylic acids is 1. The number of hydrogen-bond acceptors (Lipinski definition) is 4. The van der Waals surface area contributed by atoms with Gasteiger partial charge in [0.15, 0.2) is 17.2 Å². The molecule has 1 aliphatic rings. The maximum atomic E-state index is 14.5. The number of halogens is 5. The lowest BCUT2D eigenvalue weighted by molar-refractivity contribution is -0.275. The quantitative estimate of drug-likeness (QED) is 0.504. The van der Waals surface area contributed by atoms with Crippen LogP contribution in [0.2, 0.25) is 0 Å². The number of ether oxygens (including phenoxy) is 2. The van der Waals surface area contributed by atoms with E-state index in [2.05, 4.69) is 4.98 Å². The first-order valence-corrected chi connectivity index (χ1v) is 10.3. The number of rotatable bonds is 4. The van der Waals surface area contributed by atoms with E-state index in [9.17, 15) is 31.9 Å². The van der Waals surface area contributed by atoms with Crippen LogP contribution < -0.4 is 4.74 Å². The Morgan fingerprint density at radius 1 is 1.24 bits per heavy atom. The van der Waals surface area contributed by atoms with E-state index in [1.54, 1.807) is 0 Å². The minimum absolute atomic E-state index is 0.00477. The molecule has 2 heterocycles. The molecule has 0 spiro atoms. The van der Waals surface area contributed by atoms with Gasteiger partial charge < -0.3 is 19.1 Å². The van der Waals surface area contributed by atoms with Crippen molar-refractivity contribution in [3.8, 4) is 5.75 Å². The van der Waals surface area contributed by atoms with Crippen LogP contribution in [0.5, 0.6) is 5.75 Å². The third kappa shape index (κ3) is 3.41. The fourth-order valence-corrected chi connectivity index (χ4v) is 4.63. The molecule has 0 bridgehead atoms. The van der Waals surface area contributed by atoms with Gasteiger partial charge in [0.25, 0.3) is 0 Å². The Bertz CT molecular complexity index is 1290. The summed E-state index contributed by atoms with van der Waals surface area (Å²) in [5.74, 6) is -6.49. The highest BCUT2D eigenvalue weighted by molar-refractivity contribution is 5.92. The summed E-state index contributed by atoms with van der Waals surface area (Å²) in [6, 6.07) is 6.13. The Morgan fingerprint density at radius 2 is 1.91 bits per heavy atom. The molecule has 0 saturated carbocycles. The van der Waals surface area contributed by atoms with Gasteiger partial charge in [-0.2, -0.15) is 17.6 Å². The van der Waals surface area contributed by atoms with Crippen molar-refractivity contribution in [2.24, 2.45) is 13.0 Å². The van der Waals surface area contributed by atoms with Crippen LogP contribution >= 0.6 is 0 Å². The van der Waals surface area contributed by atoms with Crippen LogP contribution in [-0.4, -0.2) is 39.5 Å². The smallest absolute Gasteiger partial charge is 0.417 e. The van der Waals surface area contributed by atoms with Crippen LogP contribution in [0.1, 0.15) is 47.6 Å². The summed E-state index contributed by atoms with van der Waals surface area (Å²) in [5.41, 5.74) is -1.95. The number of hydrogen-bond donors (Lipinski definition) is 1. The van der Waals surface area contributed by atoms with E-state index in [1.165, 1.54) is 42.8 Å². The van der Waals surface area contributed by atoms with Gasteiger partial charge in [0.05, 0.1) is 23.7 Å². The van der Waals surface area contributed by atoms with E-state index in [-0.39, 0.29) is 17.0 Å². The highest BCUT2D eigenvalue weighted by atomic mass is 19.4. The number of benzene rings is 2. The molecule has 1 aromatic heterocycles. The van der Waals surface area contributed by atoms with Gasteiger partial charge in [-0.05, 0) is 31.2 Å². The van der Waals surface area contributed by atoms with Gasteiger partial charge >= 0.3 is 12.1 Å². The number of carboxylic acid groups (broad SMARTS) is 1. The lowest BCUT2D eigenvalue weighted by Gasteiger charge is -2.32. The molecular weight excluding hydrogens is 463 g/mol. The predicted octanol–water partition coefficient (Wildman–Crippen LogP) is 5.37. The molecule has 2 aromatic carbocycles. The van der Waals surface area contributed by atoms with Crippen molar-refractivity contribution in [1.29, 1.82) is 0 Å². The molecule has 11 heteroatoms. The fraction of sp³-hybridized carbons (Fsp3) is 0.391. The number of aromatic carboxylic acids is 1. The van der Waals surface area contributed by atoms with Crippen LogP contribution in [0.3, 0.4) is 0 Å². The van der Waals surface area contributed by atoms with E-state index < -0.39 is 53.1 Å². The Balaban J connectivity index is 1.96. The predicted molar refractivity (Wildman–Crippen MR) is 111 cm³/mol. The molecule has 1 aliphatic heterocycles. The summed E-state index contributed by atoms with van der Waals surface area (Å²) >= 11 is 0. The molecule has 1 N–H and O–H groups in total. The number of imidazole rings is 1. The van der Waals surface area contributed by atoms with Crippen molar-refractivity contribution in [3.63, 3.8) is 0 Å². The fourth-order valence-electron chi connectivity index (χ4n) is 4.63. The molecule has 6 nitrogen and oxygen atoms in total. The third-order valence-electron chi connectivity index (χ3n) is 6.73. The summed E-state index contributed by atoms with van der Waals surface area (Å²) in [4.78, 5) is 15.8. The van der Waals surface area contributed by atoms with Crippen LogP contribution in [0.15, 0.2) is 30.3 Å². The van der Waals surface area contributed by atoms with E-state index in [4.69, 9.17) is 9.47 Å². The van der Waals surface area contributed by atoms with E-state index >= 15 is 0 Å². The van der Waals surface area contributed by atoms with Gasteiger partial charge in [-0.25, -0.2) is 14.2 Å². The zero-order chi connectivity index (χ0) is 25.2. The molecule has 0 aliphatic carbocycles. The summed E-state index contributed by atoms with van der Waals surface area (Å²) in [6.45, 7) is 2.23. The molecule has 1 fully saturated rings. The highest BCUT2D eigenvalue weighted by Gasteiger charge is 2.65. The lowest BCUT2D eigenvalue weighted by Crippen LogP contribution is -2.46. The van der Waals surface area contributed by atoms with Crippen LogP contribution in [0.25, 0.3) is 11.0 Å². The van der Waals surface area contributed by atoms with Gasteiger partial charge in [0, 0.05) is 24.4 Å². The average molecular weight is 484 g/mol. The summed E-state index contributed by atoms with van der Waals surface area (Å²) in [5, 5.41) is 9.28. The Labute approximate surface area is 190 Å². The summed E-state index contributed by atoms with van der Waals surface area (Å²) in [6.07, 6.45) is -6.11. The summed E-state index contributed by atoms with van der Waals surface area (Å²) < 4.78 is 83.0. The summed E-state index contributed by atoms with van der Waals surface area (Å²) in [7, 11) is 2.62. The molecule has 34 heavy (non-hydrogen) atoms. The van der Waals surface area contributed by atoms with Crippen LogP contribution in [0, 0.1) is 17.6 Å². The number of alkyl halides is 3. The normalized spacial score (nSPS) is 25.1. The Kier molecular flexibility index (Phi) is 5.58. The van der Waals surface area contributed by atoms with Crippen molar-refractivity contribution >= 4 is 17.0 Å². The molecule has 3 aromatic rings. The number of methoxy groups -OCH3 is 1. The largest absolute Gasteiger partial charge is 0.493 e. The van der Waals surface area contributed by atoms with E-state index in [0.29, 0.717) is 11.0 Å². The molecule has 0 amide bonds. The average Bonchev–Trinajstić information content (AvgIpc) is 3.24. The number of carbonyl (C=O) groups is 1. The van der Waals surface area contributed by atoms with E-state index in [1.807, 2.05) is 0 Å². The molecular formula is C23H21F5N2O4. The second-order valence-corrected chi connectivity index (χ2v) is 8.48. The first-order valence-electron chi connectivity index (χ1n) is 10.3. The Morgan fingerprint density at radius 3 is 2.50 bits per heavy atom. The van der Waals surface area contributed by atoms with Crippen LogP contribution in [0.4, 0.5) is 22.0 Å². The number of nitrogens with zero attached hydrogens (tertiary/aromatic N) is 2. The lowest BCUT2D eigenvalue weighted by atomic mass is 9.77. The SMILES string of the molecule is COc1c([C@H]2[C@H](c3nc4ccc(C(=O)O)cc4n3C)O[C@@](C)(C(F)(F)F)[C@H]2C)ccc(F)c1F. The van der Waals surface area contributed by atoms with Gasteiger partial charge in [-0.1, -0.05) is 13.0 Å². The molecule has 0 unspecified atom stereocenters.